The first-order valence-electron chi connectivity index (χ1n) is 7.13. The van der Waals surface area contributed by atoms with Gasteiger partial charge in [0, 0.05) is 25.0 Å². The van der Waals surface area contributed by atoms with Gasteiger partial charge in [-0.15, -0.1) is 0 Å². The van der Waals surface area contributed by atoms with Crippen LogP contribution in [-0.2, 0) is 0 Å². The lowest BCUT2D eigenvalue weighted by atomic mass is 9.84. The Labute approximate surface area is 113 Å². The van der Waals surface area contributed by atoms with Crippen LogP contribution in [0.5, 0.6) is 0 Å². The Morgan fingerprint density at radius 2 is 2.16 bits per heavy atom. The maximum Gasteiger partial charge on any atom is 0.152 e. The van der Waals surface area contributed by atoms with E-state index in [0.29, 0.717) is 18.5 Å². The van der Waals surface area contributed by atoms with E-state index >= 15 is 0 Å². The molecule has 3 N–H and O–H groups in total. The van der Waals surface area contributed by atoms with Gasteiger partial charge in [0.25, 0.3) is 0 Å². The third-order valence-corrected chi connectivity index (χ3v) is 4.12. The second kappa shape index (κ2) is 5.57. The number of anilines is 1. The zero-order valence-electron chi connectivity index (χ0n) is 11.1. The molecule has 1 fully saturated rings. The topological polar surface area (TPSA) is 68.2 Å². The minimum atomic E-state index is 0.314. The normalized spacial score (nSPS) is 18.6. The summed E-state index contributed by atoms with van der Waals surface area (Å²) in [7, 11) is 0. The van der Waals surface area contributed by atoms with Crippen LogP contribution in [0.1, 0.15) is 32.1 Å². The Hall–Kier alpha value is -1.62. The van der Waals surface area contributed by atoms with E-state index in [2.05, 4.69) is 15.4 Å². The van der Waals surface area contributed by atoms with Gasteiger partial charge < -0.3 is 11.1 Å². The van der Waals surface area contributed by atoms with E-state index < -0.39 is 0 Å². The maximum absolute atomic E-state index is 5.96. The molecule has 19 heavy (non-hydrogen) atoms. The monoisotopic (exact) mass is 259 g/mol. The summed E-state index contributed by atoms with van der Waals surface area (Å²) in [6.45, 7) is 0.654. The first-order chi connectivity index (χ1) is 9.38. The van der Waals surface area contributed by atoms with Crippen LogP contribution >= 0.6 is 0 Å². The van der Waals surface area contributed by atoms with Gasteiger partial charge in [0.15, 0.2) is 5.82 Å². The fourth-order valence-corrected chi connectivity index (χ4v) is 3.05. The van der Waals surface area contributed by atoms with Crippen molar-refractivity contribution in [2.45, 2.75) is 38.1 Å². The van der Waals surface area contributed by atoms with Gasteiger partial charge in [-0.25, -0.2) is 9.50 Å². The van der Waals surface area contributed by atoms with Crippen LogP contribution in [0.25, 0.3) is 5.52 Å². The Kier molecular flexibility index (Phi) is 3.64. The molecule has 102 valence electrons. The molecule has 0 bridgehead atoms. The number of rotatable bonds is 4. The summed E-state index contributed by atoms with van der Waals surface area (Å²) in [5, 5.41) is 7.76. The average molecular weight is 259 g/mol. The van der Waals surface area contributed by atoms with Crippen LogP contribution in [0.4, 0.5) is 5.82 Å². The Bertz CT molecular complexity index is 529. The van der Waals surface area contributed by atoms with E-state index in [1.807, 2.05) is 16.8 Å². The van der Waals surface area contributed by atoms with Gasteiger partial charge in [0.05, 0.1) is 6.20 Å². The standard InChI is InChI=1S/C14H21N5/c15-10-12(11-4-2-1-3-5-11)18-14-13-6-7-17-19(13)9-8-16-14/h6-9,11-12H,1-5,10,15H2,(H,16,18). The first kappa shape index (κ1) is 12.4. The molecule has 2 aromatic rings. The van der Waals surface area contributed by atoms with Crippen molar-refractivity contribution >= 4 is 11.3 Å². The average Bonchev–Trinajstić information content (AvgIpc) is 2.95. The van der Waals surface area contributed by atoms with Crippen LogP contribution in [0.3, 0.4) is 0 Å². The van der Waals surface area contributed by atoms with Crippen molar-refractivity contribution in [1.29, 1.82) is 0 Å². The highest BCUT2D eigenvalue weighted by atomic mass is 15.2. The molecule has 1 aliphatic rings. The molecule has 0 aromatic carbocycles. The molecule has 0 radical (unpaired) electrons. The van der Waals surface area contributed by atoms with Gasteiger partial charge in [-0.1, -0.05) is 19.3 Å². The maximum atomic E-state index is 5.96. The van der Waals surface area contributed by atoms with Gasteiger partial charge >= 0.3 is 0 Å². The van der Waals surface area contributed by atoms with Crippen LogP contribution in [0, 0.1) is 5.92 Å². The number of nitrogens with zero attached hydrogens (tertiary/aromatic N) is 3. The minimum absolute atomic E-state index is 0.314. The summed E-state index contributed by atoms with van der Waals surface area (Å²) in [6, 6.07) is 2.29. The summed E-state index contributed by atoms with van der Waals surface area (Å²) < 4.78 is 1.84. The third kappa shape index (κ3) is 2.56. The molecule has 1 atom stereocenters. The molecule has 1 unspecified atom stereocenters. The number of nitrogens with one attached hydrogen (secondary N) is 1. The molecule has 0 aliphatic heterocycles. The minimum Gasteiger partial charge on any atom is -0.364 e. The van der Waals surface area contributed by atoms with Crippen molar-refractivity contribution in [2.24, 2.45) is 11.7 Å². The first-order valence-corrected chi connectivity index (χ1v) is 7.13. The van der Waals surface area contributed by atoms with E-state index in [1.165, 1.54) is 32.1 Å². The highest BCUT2D eigenvalue weighted by Gasteiger charge is 2.23. The van der Waals surface area contributed by atoms with E-state index in [0.717, 1.165) is 11.3 Å². The molecular formula is C14H21N5. The molecule has 2 aromatic heterocycles. The summed E-state index contributed by atoms with van der Waals surface area (Å²) in [5.41, 5.74) is 6.97. The lowest BCUT2D eigenvalue weighted by molar-refractivity contribution is 0.320. The van der Waals surface area contributed by atoms with Crippen LogP contribution in [0.2, 0.25) is 0 Å². The smallest absolute Gasteiger partial charge is 0.152 e. The van der Waals surface area contributed by atoms with Gasteiger partial charge in [-0.3, -0.25) is 0 Å². The fraction of sp³-hybridized carbons (Fsp3) is 0.571. The summed E-state index contributed by atoms with van der Waals surface area (Å²) in [5.74, 6) is 1.56. The van der Waals surface area contributed by atoms with Crippen molar-refractivity contribution in [3.63, 3.8) is 0 Å². The molecule has 2 heterocycles. The van der Waals surface area contributed by atoms with Gasteiger partial charge in [-0.05, 0) is 24.8 Å². The number of hydrogen-bond donors (Lipinski definition) is 2. The fourth-order valence-electron chi connectivity index (χ4n) is 3.05. The predicted molar refractivity (Wildman–Crippen MR) is 76.0 cm³/mol. The van der Waals surface area contributed by atoms with E-state index in [1.54, 1.807) is 12.4 Å². The molecule has 5 heteroatoms. The largest absolute Gasteiger partial charge is 0.364 e. The Morgan fingerprint density at radius 3 is 2.95 bits per heavy atom. The number of fused-ring (bicyclic) bond motifs is 1. The molecule has 1 aliphatic carbocycles. The van der Waals surface area contributed by atoms with E-state index in [4.69, 9.17) is 5.73 Å². The Morgan fingerprint density at radius 1 is 1.32 bits per heavy atom. The molecule has 5 nitrogen and oxygen atoms in total. The third-order valence-electron chi connectivity index (χ3n) is 4.12. The molecular weight excluding hydrogens is 238 g/mol. The second-order valence-corrected chi connectivity index (χ2v) is 5.32. The predicted octanol–water partition coefficient (Wildman–Crippen LogP) is 2.05. The lowest BCUT2D eigenvalue weighted by Crippen LogP contribution is -2.37. The summed E-state index contributed by atoms with van der Waals surface area (Å²) >= 11 is 0. The van der Waals surface area contributed by atoms with E-state index in [-0.39, 0.29) is 0 Å². The van der Waals surface area contributed by atoms with Crippen molar-refractivity contribution in [2.75, 3.05) is 11.9 Å². The van der Waals surface area contributed by atoms with Crippen molar-refractivity contribution < 1.29 is 0 Å². The number of aromatic nitrogens is 3. The van der Waals surface area contributed by atoms with Gasteiger partial charge in [-0.2, -0.15) is 5.10 Å². The van der Waals surface area contributed by atoms with E-state index in [9.17, 15) is 0 Å². The summed E-state index contributed by atoms with van der Waals surface area (Å²) in [6.07, 6.45) is 12.0. The highest BCUT2D eigenvalue weighted by molar-refractivity contribution is 5.67. The summed E-state index contributed by atoms with van der Waals surface area (Å²) in [4.78, 5) is 4.43. The second-order valence-electron chi connectivity index (χ2n) is 5.32. The SMILES string of the molecule is NCC(Nc1nccn2nccc12)C1CCCCC1. The lowest BCUT2D eigenvalue weighted by Gasteiger charge is -2.30. The molecule has 1 saturated carbocycles. The molecule has 0 spiro atoms. The van der Waals surface area contributed by atoms with Crippen molar-refractivity contribution in [3.8, 4) is 0 Å². The Balaban J connectivity index is 1.79. The zero-order valence-corrected chi connectivity index (χ0v) is 11.1. The molecule has 3 rings (SSSR count). The quantitative estimate of drug-likeness (QED) is 0.881. The zero-order chi connectivity index (χ0) is 13.1. The number of nitrogens with two attached hydrogens (primary N) is 1. The molecule has 0 amide bonds. The van der Waals surface area contributed by atoms with Crippen LogP contribution in [0.15, 0.2) is 24.7 Å². The number of hydrogen-bond acceptors (Lipinski definition) is 4. The highest BCUT2D eigenvalue weighted by Crippen LogP contribution is 2.28. The van der Waals surface area contributed by atoms with Gasteiger partial charge in [0.1, 0.15) is 5.52 Å². The van der Waals surface area contributed by atoms with Gasteiger partial charge in [0.2, 0.25) is 0 Å². The molecule has 0 saturated heterocycles. The van der Waals surface area contributed by atoms with Crippen LogP contribution < -0.4 is 11.1 Å². The van der Waals surface area contributed by atoms with Crippen molar-refractivity contribution in [3.05, 3.63) is 24.7 Å². The van der Waals surface area contributed by atoms with Crippen molar-refractivity contribution in [1.82, 2.24) is 14.6 Å². The van der Waals surface area contributed by atoms with Crippen LogP contribution in [-0.4, -0.2) is 27.2 Å².